The van der Waals surface area contributed by atoms with E-state index in [1.165, 1.54) is 0 Å². The van der Waals surface area contributed by atoms with Crippen molar-refractivity contribution in [3.05, 3.63) is 12.2 Å². The highest BCUT2D eigenvalue weighted by molar-refractivity contribution is 5.77. The molecule has 0 saturated carbocycles. The topological polar surface area (TPSA) is 83.1 Å². The minimum Gasteiger partial charge on any atom is -0.465 e. The van der Waals surface area contributed by atoms with E-state index >= 15 is 0 Å². The lowest BCUT2D eigenvalue weighted by molar-refractivity contribution is -0.286. The fourth-order valence-corrected chi connectivity index (χ4v) is 1.28. The van der Waals surface area contributed by atoms with Crippen LogP contribution in [-0.4, -0.2) is 45.0 Å². The second-order valence-corrected chi connectivity index (χ2v) is 5.18. The van der Waals surface area contributed by atoms with Crippen LogP contribution < -0.4 is 5.32 Å². The van der Waals surface area contributed by atoms with Crippen molar-refractivity contribution in [2.45, 2.75) is 34.1 Å². The Labute approximate surface area is 131 Å². The molecule has 7 nitrogen and oxygen atoms in total. The molecule has 128 valence electrons. The summed E-state index contributed by atoms with van der Waals surface area (Å²) in [6.45, 7) is 11.7. The summed E-state index contributed by atoms with van der Waals surface area (Å²) < 4.78 is 10.0. The fraction of sp³-hybridized carbons (Fsp3) is 0.733. The highest BCUT2D eigenvalue weighted by Gasteiger charge is 2.34. The summed E-state index contributed by atoms with van der Waals surface area (Å²) in [5.41, 5.74) is -0.000706. The van der Waals surface area contributed by atoms with Gasteiger partial charge in [0, 0.05) is 6.54 Å². The standard InChI is InChI=1S/C15H27NO6/c1-6-15(5,13(17)19-7-2)11-20-14(18)16-8-9-21-22-10-12(3)4/h3,6-11H2,1-2,4-5H3,(H,16,18). The van der Waals surface area contributed by atoms with E-state index in [-0.39, 0.29) is 25.7 Å². The predicted molar refractivity (Wildman–Crippen MR) is 81.1 cm³/mol. The molecule has 0 heterocycles. The highest BCUT2D eigenvalue weighted by atomic mass is 17.2. The van der Waals surface area contributed by atoms with Crippen LogP contribution in [0.2, 0.25) is 0 Å². The van der Waals surface area contributed by atoms with Crippen LogP contribution in [0.25, 0.3) is 0 Å². The van der Waals surface area contributed by atoms with Crippen molar-refractivity contribution in [1.29, 1.82) is 0 Å². The van der Waals surface area contributed by atoms with Crippen LogP contribution in [0.15, 0.2) is 12.2 Å². The van der Waals surface area contributed by atoms with Gasteiger partial charge in [0.15, 0.2) is 0 Å². The van der Waals surface area contributed by atoms with E-state index < -0.39 is 11.5 Å². The Kier molecular flexibility index (Phi) is 10.2. The molecule has 1 atom stereocenters. The number of amides is 1. The Bertz CT molecular complexity index is 371. The number of carbonyl (C=O) groups is 2. The minimum absolute atomic E-state index is 0.0405. The maximum absolute atomic E-state index is 11.8. The first-order valence-corrected chi connectivity index (χ1v) is 7.32. The summed E-state index contributed by atoms with van der Waals surface area (Å²) in [5.74, 6) is -0.373. The second kappa shape index (κ2) is 11.0. The van der Waals surface area contributed by atoms with Crippen molar-refractivity contribution in [2.75, 3.05) is 33.0 Å². The molecular weight excluding hydrogens is 290 g/mol. The van der Waals surface area contributed by atoms with Crippen molar-refractivity contribution in [2.24, 2.45) is 5.41 Å². The molecule has 0 rings (SSSR count). The third-order valence-electron chi connectivity index (χ3n) is 2.91. The Hall–Kier alpha value is -1.60. The van der Waals surface area contributed by atoms with Gasteiger partial charge in [0.1, 0.15) is 13.2 Å². The number of hydrogen-bond acceptors (Lipinski definition) is 6. The van der Waals surface area contributed by atoms with Crippen molar-refractivity contribution >= 4 is 12.1 Å². The number of rotatable bonds is 11. The molecule has 7 heteroatoms. The van der Waals surface area contributed by atoms with Gasteiger partial charge in [-0.3, -0.25) is 4.79 Å². The molecule has 0 aliphatic heterocycles. The van der Waals surface area contributed by atoms with E-state index in [4.69, 9.17) is 19.2 Å². The number of ether oxygens (including phenoxy) is 2. The zero-order valence-corrected chi connectivity index (χ0v) is 13.9. The lowest BCUT2D eigenvalue weighted by Gasteiger charge is -2.25. The van der Waals surface area contributed by atoms with Gasteiger partial charge in [-0.1, -0.05) is 19.1 Å². The van der Waals surface area contributed by atoms with Gasteiger partial charge in [0.25, 0.3) is 0 Å². The lowest BCUT2D eigenvalue weighted by Crippen LogP contribution is -2.37. The Morgan fingerprint density at radius 2 is 1.86 bits per heavy atom. The molecule has 0 radical (unpaired) electrons. The largest absolute Gasteiger partial charge is 0.465 e. The molecule has 0 aromatic carbocycles. The van der Waals surface area contributed by atoms with Gasteiger partial charge in [0.2, 0.25) is 0 Å². The molecule has 0 saturated heterocycles. The Morgan fingerprint density at radius 3 is 2.41 bits per heavy atom. The average Bonchev–Trinajstić information content (AvgIpc) is 2.48. The summed E-state index contributed by atoms with van der Waals surface area (Å²) in [6, 6.07) is 0. The molecule has 0 fully saturated rings. The summed E-state index contributed by atoms with van der Waals surface area (Å²) in [7, 11) is 0. The first kappa shape index (κ1) is 20.4. The molecule has 1 unspecified atom stereocenters. The number of nitrogens with one attached hydrogen (secondary N) is 1. The van der Waals surface area contributed by atoms with Crippen molar-refractivity contribution in [1.82, 2.24) is 5.32 Å². The van der Waals surface area contributed by atoms with Gasteiger partial charge >= 0.3 is 12.1 Å². The Balaban J connectivity index is 3.91. The number of hydrogen-bond donors (Lipinski definition) is 1. The van der Waals surface area contributed by atoms with Crippen LogP contribution in [0.5, 0.6) is 0 Å². The third-order valence-corrected chi connectivity index (χ3v) is 2.91. The quantitative estimate of drug-likeness (QED) is 0.207. The maximum atomic E-state index is 11.8. The van der Waals surface area contributed by atoms with Crippen molar-refractivity contribution in [3.8, 4) is 0 Å². The zero-order chi connectivity index (χ0) is 17.0. The van der Waals surface area contributed by atoms with Gasteiger partial charge < -0.3 is 14.8 Å². The summed E-state index contributed by atoms with van der Waals surface area (Å²) in [6.07, 6.45) is -0.107. The molecule has 0 aliphatic rings. The van der Waals surface area contributed by atoms with Gasteiger partial charge in [-0.15, -0.1) is 0 Å². The smallest absolute Gasteiger partial charge is 0.407 e. The molecule has 1 N–H and O–H groups in total. The molecular formula is C15H27NO6. The number of carbonyl (C=O) groups excluding carboxylic acids is 2. The first-order chi connectivity index (χ1) is 10.4. The van der Waals surface area contributed by atoms with Crippen molar-refractivity contribution in [3.63, 3.8) is 0 Å². The third kappa shape index (κ3) is 8.63. The van der Waals surface area contributed by atoms with Crippen LogP contribution in [0, 0.1) is 5.41 Å². The van der Waals surface area contributed by atoms with E-state index in [1.807, 2.05) is 13.8 Å². The van der Waals surface area contributed by atoms with E-state index in [0.29, 0.717) is 19.6 Å². The van der Waals surface area contributed by atoms with Gasteiger partial charge in [0.05, 0.1) is 18.6 Å². The molecule has 0 bridgehead atoms. The Morgan fingerprint density at radius 1 is 1.18 bits per heavy atom. The van der Waals surface area contributed by atoms with E-state index in [2.05, 4.69) is 11.9 Å². The molecule has 1 amide bonds. The normalized spacial score (nSPS) is 13.1. The molecule has 0 aliphatic carbocycles. The fourth-order valence-electron chi connectivity index (χ4n) is 1.28. The predicted octanol–water partition coefficient (Wildman–Crippen LogP) is 2.22. The highest BCUT2D eigenvalue weighted by Crippen LogP contribution is 2.23. The molecule has 0 aromatic rings. The minimum atomic E-state index is -0.839. The van der Waals surface area contributed by atoms with Crippen LogP contribution in [-0.2, 0) is 24.0 Å². The summed E-state index contributed by atoms with van der Waals surface area (Å²) >= 11 is 0. The summed E-state index contributed by atoms with van der Waals surface area (Å²) in [4.78, 5) is 33.0. The van der Waals surface area contributed by atoms with Gasteiger partial charge in [-0.2, -0.15) is 0 Å². The van der Waals surface area contributed by atoms with Crippen LogP contribution >= 0.6 is 0 Å². The number of esters is 1. The molecule has 22 heavy (non-hydrogen) atoms. The van der Waals surface area contributed by atoms with Crippen LogP contribution in [0.1, 0.15) is 34.1 Å². The zero-order valence-electron chi connectivity index (χ0n) is 13.9. The van der Waals surface area contributed by atoms with E-state index in [9.17, 15) is 9.59 Å². The lowest BCUT2D eigenvalue weighted by atomic mass is 9.89. The number of alkyl carbamates (subject to hydrolysis) is 1. The molecule has 0 spiro atoms. The monoisotopic (exact) mass is 317 g/mol. The van der Waals surface area contributed by atoms with Gasteiger partial charge in [-0.25, -0.2) is 14.6 Å². The summed E-state index contributed by atoms with van der Waals surface area (Å²) in [5, 5.41) is 2.50. The van der Waals surface area contributed by atoms with Crippen LogP contribution in [0.4, 0.5) is 4.79 Å². The van der Waals surface area contributed by atoms with E-state index in [0.717, 1.165) is 5.57 Å². The van der Waals surface area contributed by atoms with E-state index in [1.54, 1.807) is 13.8 Å². The van der Waals surface area contributed by atoms with Crippen LogP contribution in [0.3, 0.4) is 0 Å². The van der Waals surface area contributed by atoms with Crippen molar-refractivity contribution < 1.29 is 28.8 Å². The second-order valence-electron chi connectivity index (χ2n) is 5.18. The molecule has 0 aromatic heterocycles. The first-order valence-electron chi connectivity index (χ1n) is 7.32. The SMILES string of the molecule is C=C(C)COOCCNC(=O)OCC(C)(CC)C(=O)OCC. The van der Waals surface area contributed by atoms with Gasteiger partial charge in [-0.05, 0) is 27.2 Å². The maximum Gasteiger partial charge on any atom is 0.407 e. The average molecular weight is 317 g/mol.